The van der Waals surface area contributed by atoms with E-state index >= 15 is 0 Å². The van der Waals surface area contributed by atoms with E-state index in [9.17, 15) is 0 Å². The van der Waals surface area contributed by atoms with Gasteiger partial charge < -0.3 is 14.6 Å². The lowest BCUT2D eigenvalue weighted by Gasteiger charge is -2.20. The van der Waals surface area contributed by atoms with Crippen molar-refractivity contribution in [3.63, 3.8) is 0 Å². The lowest BCUT2D eigenvalue weighted by molar-refractivity contribution is 0.282. The van der Waals surface area contributed by atoms with Crippen molar-refractivity contribution in [2.24, 2.45) is 5.92 Å². The van der Waals surface area contributed by atoms with Crippen LogP contribution in [-0.2, 0) is 6.54 Å². The van der Waals surface area contributed by atoms with Gasteiger partial charge in [-0.2, -0.15) is 0 Å². The first-order valence-electron chi connectivity index (χ1n) is 7.71. The fourth-order valence-electron chi connectivity index (χ4n) is 3.09. The second-order valence-corrected chi connectivity index (χ2v) is 6.00. The fourth-order valence-corrected chi connectivity index (χ4v) is 3.09. The van der Waals surface area contributed by atoms with Gasteiger partial charge in [-0.05, 0) is 44.5 Å². The highest BCUT2D eigenvalue weighted by molar-refractivity contribution is 5.80. The molecule has 0 amide bonds. The first-order valence-corrected chi connectivity index (χ1v) is 7.71. The number of para-hydroxylation sites is 1. The number of furan rings is 1. The summed E-state index contributed by atoms with van der Waals surface area (Å²) in [5, 5.41) is 4.80. The van der Waals surface area contributed by atoms with E-state index in [0.717, 1.165) is 18.7 Å². The molecule has 3 heteroatoms. The molecule has 0 bridgehead atoms. The lowest BCUT2D eigenvalue weighted by atomic mass is 10.1. The van der Waals surface area contributed by atoms with Gasteiger partial charge in [0.05, 0.1) is 6.26 Å². The molecule has 108 valence electrons. The van der Waals surface area contributed by atoms with Crippen molar-refractivity contribution in [1.29, 1.82) is 0 Å². The van der Waals surface area contributed by atoms with Crippen LogP contribution in [0, 0.1) is 5.92 Å². The minimum absolute atomic E-state index is 0.700. The Balaban J connectivity index is 1.47. The Labute approximate surface area is 120 Å². The van der Waals surface area contributed by atoms with Gasteiger partial charge in [-0.25, -0.2) is 0 Å². The smallest absolute Gasteiger partial charge is 0.134 e. The highest BCUT2D eigenvalue weighted by Crippen LogP contribution is 2.20. The maximum Gasteiger partial charge on any atom is 0.134 e. The molecule has 1 atom stereocenters. The number of rotatable bonds is 6. The van der Waals surface area contributed by atoms with Gasteiger partial charge in [-0.1, -0.05) is 25.1 Å². The molecule has 20 heavy (non-hydrogen) atoms. The molecule has 0 saturated carbocycles. The molecule has 1 saturated heterocycles. The van der Waals surface area contributed by atoms with Crippen molar-refractivity contribution in [3.8, 4) is 0 Å². The van der Waals surface area contributed by atoms with Gasteiger partial charge in [-0.3, -0.25) is 0 Å². The van der Waals surface area contributed by atoms with Crippen LogP contribution in [0.2, 0.25) is 0 Å². The number of likely N-dealkylation sites (tertiary alicyclic amines) is 1. The van der Waals surface area contributed by atoms with Crippen molar-refractivity contribution in [2.45, 2.75) is 26.3 Å². The zero-order valence-electron chi connectivity index (χ0n) is 12.3. The molecular weight excluding hydrogens is 248 g/mol. The van der Waals surface area contributed by atoms with E-state index in [0.29, 0.717) is 5.92 Å². The number of nitrogens with zero attached hydrogens (tertiary/aromatic N) is 1. The van der Waals surface area contributed by atoms with Gasteiger partial charge >= 0.3 is 0 Å². The van der Waals surface area contributed by atoms with E-state index in [1.54, 1.807) is 0 Å². The minimum Gasteiger partial charge on any atom is -0.464 e. The Morgan fingerprint density at radius 1 is 1.25 bits per heavy atom. The molecule has 1 aliphatic heterocycles. The number of nitrogens with one attached hydrogen (secondary N) is 1. The Morgan fingerprint density at radius 3 is 2.90 bits per heavy atom. The molecular formula is C17H24N2O. The lowest BCUT2D eigenvalue weighted by Crippen LogP contribution is -2.31. The number of hydrogen-bond donors (Lipinski definition) is 1. The quantitative estimate of drug-likeness (QED) is 0.875. The van der Waals surface area contributed by atoms with E-state index in [-0.39, 0.29) is 0 Å². The zero-order valence-corrected chi connectivity index (χ0v) is 12.3. The van der Waals surface area contributed by atoms with Gasteiger partial charge in [0, 0.05) is 24.0 Å². The zero-order chi connectivity index (χ0) is 13.8. The molecule has 3 rings (SSSR count). The topological polar surface area (TPSA) is 28.4 Å². The summed E-state index contributed by atoms with van der Waals surface area (Å²) < 4.78 is 5.57. The van der Waals surface area contributed by atoms with Crippen LogP contribution >= 0.6 is 0 Å². The van der Waals surface area contributed by atoms with Crippen molar-refractivity contribution in [2.75, 3.05) is 26.2 Å². The molecule has 0 spiro atoms. The van der Waals surface area contributed by atoms with Gasteiger partial charge in [0.1, 0.15) is 5.58 Å². The Hall–Kier alpha value is -1.32. The predicted molar refractivity (Wildman–Crippen MR) is 82.8 cm³/mol. The standard InChI is InChI=1S/C17H24N2O/c1-14(12-19-8-4-5-9-19)10-18-11-15-13-20-17-7-3-2-6-16(15)17/h2-3,6-7,13-14,18H,4-5,8-12H2,1H3. The maximum atomic E-state index is 5.57. The van der Waals surface area contributed by atoms with Crippen LogP contribution in [0.25, 0.3) is 11.0 Å². The summed E-state index contributed by atoms with van der Waals surface area (Å²) in [7, 11) is 0. The van der Waals surface area contributed by atoms with Crippen molar-refractivity contribution >= 4 is 11.0 Å². The monoisotopic (exact) mass is 272 g/mol. The fraction of sp³-hybridized carbons (Fsp3) is 0.529. The highest BCUT2D eigenvalue weighted by Gasteiger charge is 2.14. The SMILES string of the molecule is CC(CNCc1coc2ccccc12)CN1CCCC1. The second-order valence-electron chi connectivity index (χ2n) is 6.00. The van der Waals surface area contributed by atoms with Crippen LogP contribution in [0.3, 0.4) is 0 Å². The number of benzene rings is 1. The minimum atomic E-state index is 0.700. The second kappa shape index (κ2) is 6.42. The molecule has 0 radical (unpaired) electrons. The molecule has 1 fully saturated rings. The first-order chi connectivity index (χ1) is 9.83. The Kier molecular flexibility index (Phi) is 4.38. The summed E-state index contributed by atoms with van der Waals surface area (Å²) in [6, 6.07) is 8.23. The van der Waals surface area contributed by atoms with Gasteiger partial charge in [-0.15, -0.1) is 0 Å². The molecule has 1 aromatic heterocycles. The largest absolute Gasteiger partial charge is 0.464 e. The average molecular weight is 272 g/mol. The third kappa shape index (κ3) is 3.22. The van der Waals surface area contributed by atoms with E-state index in [1.165, 1.54) is 43.4 Å². The number of fused-ring (bicyclic) bond motifs is 1. The average Bonchev–Trinajstić information content (AvgIpc) is 3.09. The van der Waals surface area contributed by atoms with Crippen LogP contribution in [0.15, 0.2) is 34.9 Å². The summed E-state index contributed by atoms with van der Waals surface area (Å²) in [5.41, 5.74) is 2.24. The summed E-state index contributed by atoms with van der Waals surface area (Å²) in [6.07, 6.45) is 4.63. The summed E-state index contributed by atoms with van der Waals surface area (Å²) in [5.74, 6) is 0.700. The Morgan fingerprint density at radius 2 is 2.05 bits per heavy atom. The van der Waals surface area contributed by atoms with Crippen LogP contribution < -0.4 is 5.32 Å². The highest BCUT2D eigenvalue weighted by atomic mass is 16.3. The van der Waals surface area contributed by atoms with Crippen molar-refractivity contribution < 1.29 is 4.42 Å². The summed E-state index contributed by atoms with van der Waals surface area (Å²) >= 11 is 0. The molecule has 2 heterocycles. The summed E-state index contributed by atoms with van der Waals surface area (Å²) in [6.45, 7) is 8.09. The van der Waals surface area contributed by atoms with Gasteiger partial charge in [0.15, 0.2) is 0 Å². The maximum absolute atomic E-state index is 5.57. The van der Waals surface area contributed by atoms with Crippen LogP contribution in [0.4, 0.5) is 0 Å². The van der Waals surface area contributed by atoms with E-state index < -0.39 is 0 Å². The normalized spacial score (nSPS) is 17.9. The molecule has 0 aliphatic carbocycles. The third-order valence-electron chi connectivity index (χ3n) is 4.14. The van der Waals surface area contributed by atoms with Crippen LogP contribution in [-0.4, -0.2) is 31.1 Å². The third-order valence-corrected chi connectivity index (χ3v) is 4.14. The molecule has 2 aromatic rings. The Bertz CT molecular complexity index is 543. The van der Waals surface area contributed by atoms with E-state index in [1.807, 2.05) is 18.4 Å². The van der Waals surface area contributed by atoms with Gasteiger partial charge in [0.25, 0.3) is 0 Å². The molecule has 1 unspecified atom stereocenters. The van der Waals surface area contributed by atoms with E-state index in [4.69, 9.17) is 4.42 Å². The molecule has 3 nitrogen and oxygen atoms in total. The number of hydrogen-bond acceptors (Lipinski definition) is 3. The van der Waals surface area contributed by atoms with E-state index in [2.05, 4.69) is 29.3 Å². The summed E-state index contributed by atoms with van der Waals surface area (Å²) in [4.78, 5) is 2.58. The first kappa shape index (κ1) is 13.7. The predicted octanol–water partition coefficient (Wildman–Crippen LogP) is 3.25. The molecule has 1 N–H and O–H groups in total. The van der Waals surface area contributed by atoms with Gasteiger partial charge in [0.2, 0.25) is 0 Å². The van der Waals surface area contributed by atoms with Crippen LogP contribution in [0.5, 0.6) is 0 Å². The molecule has 1 aliphatic rings. The van der Waals surface area contributed by atoms with Crippen molar-refractivity contribution in [3.05, 3.63) is 36.1 Å². The van der Waals surface area contributed by atoms with Crippen molar-refractivity contribution in [1.82, 2.24) is 10.2 Å². The molecule has 1 aromatic carbocycles. The van der Waals surface area contributed by atoms with Crippen LogP contribution in [0.1, 0.15) is 25.3 Å².